The van der Waals surface area contributed by atoms with Crippen molar-refractivity contribution in [3.05, 3.63) is 252 Å². The van der Waals surface area contributed by atoms with Crippen LogP contribution in [0.4, 0.5) is 64.1 Å². The minimum Gasteiger partial charge on any atom is -0.492 e. The molecule has 0 radical (unpaired) electrons. The zero-order valence-corrected chi connectivity index (χ0v) is 74.7. The Morgan fingerprint density at radius 3 is 1.67 bits per heavy atom. The van der Waals surface area contributed by atoms with Crippen LogP contribution in [0.2, 0.25) is 0 Å². The van der Waals surface area contributed by atoms with E-state index < -0.39 is 18.1 Å². The Balaban J connectivity index is 0.000000130. The summed E-state index contributed by atoms with van der Waals surface area (Å²) in [5.74, 6) is 7.73. The lowest BCUT2D eigenvalue weighted by Crippen LogP contribution is -2.35. The van der Waals surface area contributed by atoms with Gasteiger partial charge in [-0.1, -0.05) is 23.8 Å². The van der Waals surface area contributed by atoms with Crippen molar-refractivity contribution in [1.82, 2.24) is 94.7 Å². The first-order valence-corrected chi connectivity index (χ1v) is 44.0. The predicted octanol–water partition coefficient (Wildman–Crippen LogP) is 16.9. The Labute approximate surface area is 773 Å². The molecular formula is C100H93F4N23O6S. The molecule has 8 aromatic heterocycles. The van der Waals surface area contributed by atoms with Gasteiger partial charge in [0.2, 0.25) is 35.6 Å². The highest BCUT2D eigenvalue weighted by Crippen LogP contribution is 2.40. The van der Waals surface area contributed by atoms with Gasteiger partial charge < -0.3 is 55.4 Å². The molecule has 19 rings (SSSR count). The van der Waals surface area contributed by atoms with Gasteiger partial charge >= 0.3 is 5.97 Å². The molecule has 1 atom stereocenters. The average Bonchev–Trinajstić information content (AvgIpc) is 1.35. The summed E-state index contributed by atoms with van der Waals surface area (Å²) in [4.78, 5) is 74.2. The maximum Gasteiger partial charge on any atom is 0.357 e. The second kappa shape index (κ2) is 42.5. The first-order chi connectivity index (χ1) is 65.0. The molecule has 8 aromatic carbocycles. The maximum absolute atomic E-state index is 13.9. The lowest BCUT2D eigenvalue weighted by atomic mass is 10.0. The molecule has 6 N–H and O–H groups in total. The van der Waals surface area contributed by atoms with E-state index in [0.717, 1.165) is 150 Å². The molecule has 678 valence electrons. The summed E-state index contributed by atoms with van der Waals surface area (Å²) in [6.45, 7) is 5.46. The van der Waals surface area contributed by atoms with E-state index in [9.17, 15) is 27.2 Å². The minimum absolute atomic E-state index is 0.0595. The molecule has 3 aliphatic heterocycles. The topological polar surface area (TPSA) is 321 Å². The summed E-state index contributed by atoms with van der Waals surface area (Å²) >= 11 is 1.34. The number of carbonyl (C=O) groups excluding carboxylic acids is 2. The highest BCUT2D eigenvalue weighted by molar-refractivity contribution is 7.13. The summed E-state index contributed by atoms with van der Waals surface area (Å²) in [6.07, 6.45) is 36.5. The number of terminal acetylenes is 3. The third kappa shape index (κ3) is 24.5. The third-order valence-electron chi connectivity index (χ3n) is 21.8. The molecule has 3 saturated heterocycles. The van der Waals surface area contributed by atoms with Gasteiger partial charge in [-0.15, -0.1) is 30.6 Å². The molecule has 29 nitrogen and oxygen atoms in total. The fraction of sp³-hybridized carbons (Fsp3) is 0.240. The average molecular weight is 1820 g/mol. The summed E-state index contributed by atoms with van der Waals surface area (Å²) in [5.41, 5.74) is 16.0. The highest BCUT2D eigenvalue weighted by Gasteiger charge is 2.38. The number of benzene rings is 8. The molecule has 0 saturated carbocycles. The molecule has 34 heteroatoms. The Morgan fingerprint density at radius 1 is 0.604 bits per heavy atom. The van der Waals surface area contributed by atoms with E-state index in [1.165, 1.54) is 36.8 Å². The van der Waals surface area contributed by atoms with Crippen LogP contribution in [0.1, 0.15) is 70.4 Å². The number of aryl methyl sites for hydroxylation is 2. The molecule has 0 aliphatic carbocycles. The van der Waals surface area contributed by atoms with Crippen molar-refractivity contribution in [1.29, 1.82) is 0 Å². The second-order valence-electron chi connectivity index (χ2n) is 32.5. The van der Waals surface area contributed by atoms with Gasteiger partial charge in [-0.25, -0.2) is 72.2 Å². The lowest BCUT2D eigenvalue weighted by Gasteiger charge is -2.29. The molecule has 0 bridgehead atoms. The Morgan fingerprint density at radius 2 is 1.16 bits per heavy atom. The third-order valence-corrected chi connectivity index (χ3v) is 22.7. The fourth-order valence-corrected chi connectivity index (χ4v) is 16.2. The van der Waals surface area contributed by atoms with Crippen molar-refractivity contribution in [2.45, 2.75) is 63.4 Å². The van der Waals surface area contributed by atoms with Crippen LogP contribution in [0.3, 0.4) is 0 Å². The normalized spacial score (nSPS) is 14.2. The molecule has 0 spiro atoms. The number of piperidine rings is 2. The van der Waals surface area contributed by atoms with Crippen LogP contribution in [0.25, 0.3) is 87.9 Å². The van der Waals surface area contributed by atoms with Crippen LogP contribution < -0.4 is 41.4 Å². The number of amides is 1. The number of thiazole rings is 1. The Kier molecular flexibility index (Phi) is 29.1. The van der Waals surface area contributed by atoms with Crippen LogP contribution >= 0.6 is 11.3 Å². The SMILES string of the molecule is C#Cc1ccc2nc(Nc3cc(CN4CCC(F)(F)C4)cc(-c4cnn(C)c4)c3)ncc2c1.C#Cc1ccc2nc(Nc3cc(CN4CCCC(F)C4)cc(-c4cnn(C)c4)c3)ncc2c1.C#Cc1ccc2nc(Nc3cc(OCCNC(=O)CN(C)C)cc(-c4ncco4)c3)ncc2c1.COC(=O)c1csc(-c2cc3cnc(Nc4cccc(F)c4)nc3cc2OC2CCNCC2)n1. The van der Waals surface area contributed by atoms with Gasteiger partial charge in [-0.05, 0) is 209 Å². The summed E-state index contributed by atoms with van der Waals surface area (Å²) in [7, 11) is 8.76. The fourth-order valence-electron chi connectivity index (χ4n) is 15.4. The number of ether oxygens (including phenoxy) is 3. The van der Waals surface area contributed by atoms with E-state index in [4.69, 9.17) is 37.9 Å². The number of alkyl halides is 3. The number of likely N-dealkylation sites (N-methyl/N-ethyl adjacent to an activating group) is 1. The van der Waals surface area contributed by atoms with Crippen molar-refractivity contribution in [3.63, 3.8) is 0 Å². The lowest BCUT2D eigenvalue weighted by molar-refractivity contribution is -0.121. The summed E-state index contributed by atoms with van der Waals surface area (Å²) in [6, 6.07) is 44.4. The number of nitrogens with one attached hydrogen (secondary N) is 6. The number of esters is 1. The van der Waals surface area contributed by atoms with Crippen molar-refractivity contribution >= 4 is 113 Å². The Bertz CT molecular complexity index is 6860. The number of oxazole rings is 1. The number of fused-ring (bicyclic) bond motifs is 4. The standard InChI is InChI=1S/C26H25FN6.C25H22F2N6.C25H24N6O3.C24H22FN5O3S/c1-3-18-6-7-25-21(9-18)13-28-26(31-25)30-24-11-19(15-33-8-4-5-23(27)17-33)10-20(12-24)22-14-29-32(2)16-22;1-3-17-4-5-23-20(8-17)12-28-24(31-23)30-22-10-18(14-33-7-6-25(26,27)16-33)9-19(11-22)21-13-29-32(2)15-21;1-4-17-5-6-22-19(11-17)15-28-25(30-22)29-20-12-18(24-27-8-10-34-24)13-21(14-20)33-9-7-26-23(32)16-31(2)3;1-32-23(31)20-13-34-22(29-20)18-9-14-12-27-24(28-16-4-2-3-15(25)10-16)30-19(14)11-21(18)33-17-5-7-26-8-6-17/h1,6-7,9-14,16,23H,4-5,8,15,17H2,2H3,(H,28,30,31);1,4-5,8-13,15H,6-7,14,16H2,2H3,(H,28,30,31);1,5-6,8,10-15H,7,9,16H2,2-3H3,(H,26,32)(H,28,29,30);2-4,9-13,17,26H,5-8H2,1H3,(H,27,28,30). The van der Waals surface area contributed by atoms with Crippen molar-refractivity contribution in [2.24, 2.45) is 14.1 Å². The monoisotopic (exact) mass is 1820 g/mol. The Hall–Kier alpha value is -15.6. The molecule has 134 heavy (non-hydrogen) atoms. The molecule has 1 amide bonds. The number of nitrogens with zero attached hydrogens (tertiary/aromatic N) is 17. The quantitative estimate of drug-likeness (QED) is 0.0134. The molecule has 3 fully saturated rings. The summed E-state index contributed by atoms with van der Waals surface area (Å²) in [5, 5.41) is 33.3. The van der Waals surface area contributed by atoms with E-state index in [-0.39, 0.29) is 36.5 Å². The number of anilines is 8. The molecule has 11 heterocycles. The van der Waals surface area contributed by atoms with E-state index in [1.807, 2.05) is 150 Å². The summed E-state index contributed by atoms with van der Waals surface area (Å²) < 4.78 is 80.9. The first kappa shape index (κ1) is 91.7. The van der Waals surface area contributed by atoms with Crippen LogP contribution in [-0.4, -0.2) is 194 Å². The second-order valence-corrected chi connectivity index (χ2v) is 33.4. The van der Waals surface area contributed by atoms with E-state index in [1.54, 1.807) is 73.9 Å². The number of aromatic nitrogens is 14. The molecular weight excluding hydrogens is 1730 g/mol. The molecule has 3 aliphatic rings. The van der Waals surface area contributed by atoms with Gasteiger partial charge in [0.15, 0.2) is 5.69 Å². The minimum atomic E-state index is -2.62. The number of carbonyl (C=O) groups is 2. The zero-order chi connectivity index (χ0) is 93.2. The van der Waals surface area contributed by atoms with Gasteiger partial charge in [0.25, 0.3) is 5.92 Å². The number of likely N-dealkylation sites (tertiary alicyclic amines) is 2. The highest BCUT2D eigenvalue weighted by atomic mass is 32.1. The number of halogens is 4. The molecule has 16 aromatic rings. The zero-order valence-electron chi connectivity index (χ0n) is 73.9. The van der Waals surface area contributed by atoms with Crippen molar-refractivity contribution < 1.29 is 45.8 Å². The number of rotatable bonds is 25. The van der Waals surface area contributed by atoms with Crippen LogP contribution in [0.5, 0.6) is 11.5 Å². The van der Waals surface area contributed by atoms with Crippen LogP contribution in [-0.2, 0) is 36.7 Å². The van der Waals surface area contributed by atoms with Gasteiger partial charge in [0.1, 0.15) is 47.5 Å². The van der Waals surface area contributed by atoms with E-state index in [2.05, 4.69) is 133 Å². The smallest absolute Gasteiger partial charge is 0.357 e. The van der Waals surface area contributed by atoms with Crippen LogP contribution in [0, 0.1) is 42.8 Å². The predicted molar refractivity (Wildman–Crippen MR) is 511 cm³/mol. The first-order valence-electron chi connectivity index (χ1n) is 43.1. The van der Waals surface area contributed by atoms with Gasteiger partial charge in [0, 0.05) is 179 Å². The van der Waals surface area contributed by atoms with Gasteiger partial charge in [-0.3, -0.25) is 24.0 Å². The number of hydrogen-bond acceptors (Lipinski definition) is 27. The maximum atomic E-state index is 13.9. The number of hydrogen-bond donors (Lipinski definition) is 6. The van der Waals surface area contributed by atoms with Gasteiger partial charge in [-0.2, -0.15) is 10.2 Å². The van der Waals surface area contributed by atoms with Crippen LogP contribution in [0.15, 0.2) is 217 Å². The molecule has 1 unspecified atom stereocenters. The number of methoxy groups -OCH3 is 1. The van der Waals surface area contributed by atoms with E-state index >= 15 is 0 Å². The van der Waals surface area contributed by atoms with E-state index in [0.29, 0.717) is 115 Å². The van der Waals surface area contributed by atoms with Crippen molar-refractivity contribution in [3.8, 4) is 92.8 Å². The van der Waals surface area contributed by atoms with Crippen molar-refractivity contribution in [2.75, 3.05) is 101 Å². The largest absolute Gasteiger partial charge is 0.492 e. The van der Waals surface area contributed by atoms with Gasteiger partial charge in [0.05, 0.1) is 73.0 Å².